The number of hydrogen-bond acceptors (Lipinski definition) is 5. The Morgan fingerprint density at radius 2 is 2.14 bits per heavy atom. The molecule has 22 heavy (non-hydrogen) atoms. The van der Waals surface area contributed by atoms with E-state index in [1.807, 2.05) is 0 Å². The summed E-state index contributed by atoms with van der Waals surface area (Å²) in [7, 11) is 1.51. The fourth-order valence-corrected chi connectivity index (χ4v) is 2.20. The first kappa shape index (κ1) is 16.3. The Balaban J connectivity index is 2.02. The number of nitrogens with zero attached hydrogens (tertiary/aromatic N) is 1. The lowest BCUT2D eigenvalue weighted by atomic mass is 10.1. The number of carbonyl (C=O) groups is 2. The number of carbonyl (C=O) groups excluding carboxylic acids is 2. The summed E-state index contributed by atoms with van der Waals surface area (Å²) in [5.74, 6) is -0.186. The molecule has 1 aromatic carbocycles. The molecule has 0 saturated carbocycles. The van der Waals surface area contributed by atoms with Gasteiger partial charge in [-0.25, -0.2) is 0 Å². The number of methoxy groups -OCH3 is 1. The van der Waals surface area contributed by atoms with Gasteiger partial charge in [-0.2, -0.15) is 0 Å². The largest absolute Gasteiger partial charge is 0.497 e. The Morgan fingerprint density at radius 3 is 2.77 bits per heavy atom. The number of aliphatic hydroxyl groups excluding tert-OH is 1. The zero-order chi connectivity index (χ0) is 15.9. The van der Waals surface area contributed by atoms with E-state index < -0.39 is 18.6 Å². The van der Waals surface area contributed by atoms with Crippen LogP contribution in [0.4, 0.5) is 0 Å². The van der Waals surface area contributed by atoms with Gasteiger partial charge in [0.25, 0.3) is 5.91 Å². The van der Waals surface area contributed by atoms with Gasteiger partial charge in [0.15, 0.2) is 0 Å². The van der Waals surface area contributed by atoms with Gasteiger partial charge < -0.3 is 24.8 Å². The predicted molar refractivity (Wildman–Crippen MR) is 78.7 cm³/mol. The van der Waals surface area contributed by atoms with Gasteiger partial charge in [0, 0.05) is 18.7 Å². The van der Waals surface area contributed by atoms with Crippen molar-refractivity contribution < 1.29 is 24.2 Å². The number of morpholine rings is 1. The molecule has 7 nitrogen and oxygen atoms in total. The van der Waals surface area contributed by atoms with E-state index >= 15 is 0 Å². The lowest BCUT2D eigenvalue weighted by Gasteiger charge is -2.30. The van der Waals surface area contributed by atoms with Crippen molar-refractivity contribution >= 4 is 11.8 Å². The van der Waals surface area contributed by atoms with E-state index in [4.69, 9.17) is 9.47 Å². The molecule has 2 rings (SSSR count). The number of hydrogen-bond donors (Lipinski definition) is 2. The van der Waals surface area contributed by atoms with Gasteiger partial charge in [-0.05, 0) is 18.2 Å². The lowest BCUT2D eigenvalue weighted by molar-refractivity contribution is -0.138. The molecule has 1 atom stereocenters. The Labute approximate surface area is 128 Å². The quantitative estimate of drug-likeness (QED) is 0.776. The van der Waals surface area contributed by atoms with Crippen molar-refractivity contribution in [2.24, 2.45) is 0 Å². The Hall–Kier alpha value is -2.12. The number of aliphatic hydroxyl groups is 1. The third-order valence-corrected chi connectivity index (χ3v) is 3.44. The molecule has 0 radical (unpaired) electrons. The summed E-state index contributed by atoms with van der Waals surface area (Å²) in [6, 6.07) is 5.64. The van der Waals surface area contributed by atoms with Crippen LogP contribution in [0, 0.1) is 0 Å². The summed E-state index contributed by atoms with van der Waals surface area (Å²) in [5.41, 5.74) is 0.368. The third kappa shape index (κ3) is 3.96. The van der Waals surface area contributed by atoms with Crippen molar-refractivity contribution in [2.45, 2.75) is 6.04 Å². The van der Waals surface area contributed by atoms with E-state index in [1.165, 1.54) is 7.11 Å². The smallest absolute Gasteiger partial charge is 0.252 e. The van der Waals surface area contributed by atoms with Crippen molar-refractivity contribution in [2.75, 3.05) is 40.0 Å². The highest BCUT2D eigenvalue weighted by molar-refractivity contribution is 5.97. The predicted octanol–water partition coefficient (Wildman–Crippen LogP) is -0.355. The molecule has 1 heterocycles. The molecule has 2 amide bonds. The van der Waals surface area contributed by atoms with Gasteiger partial charge >= 0.3 is 0 Å². The van der Waals surface area contributed by atoms with Gasteiger partial charge in [0.05, 0.1) is 26.9 Å². The molecular weight excluding hydrogens is 288 g/mol. The van der Waals surface area contributed by atoms with Crippen LogP contribution in [0.1, 0.15) is 10.4 Å². The molecule has 0 bridgehead atoms. The van der Waals surface area contributed by atoms with Crippen molar-refractivity contribution in [3.05, 3.63) is 29.8 Å². The standard InChI is InChI=1S/C15H20N2O5/c1-21-12-4-2-3-11(9-12)14(19)16-13(10-18)15(20)17-5-7-22-8-6-17/h2-4,9,13,18H,5-8,10H2,1H3,(H,16,19)/t13-/m0/s1. The molecule has 1 aliphatic heterocycles. The highest BCUT2D eigenvalue weighted by atomic mass is 16.5. The molecule has 1 aliphatic rings. The van der Waals surface area contributed by atoms with E-state index in [2.05, 4.69) is 5.32 Å². The minimum atomic E-state index is -0.961. The average molecular weight is 308 g/mol. The van der Waals surface area contributed by atoms with Crippen LogP contribution in [0.5, 0.6) is 5.75 Å². The normalized spacial score (nSPS) is 16.0. The van der Waals surface area contributed by atoms with Gasteiger partial charge in [-0.1, -0.05) is 6.07 Å². The zero-order valence-electron chi connectivity index (χ0n) is 12.4. The molecule has 0 unspecified atom stereocenters. The highest BCUT2D eigenvalue weighted by Gasteiger charge is 2.27. The van der Waals surface area contributed by atoms with Crippen LogP contribution in [0.15, 0.2) is 24.3 Å². The second kappa shape index (κ2) is 7.77. The van der Waals surface area contributed by atoms with Crippen LogP contribution in [-0.2, 0) is 9.53 Å². The maximum Gasteiger partial charge on any atom is 0.252 e. The molecule has 120 valence electrons. The van der Waals surface area contributed by atoms with E-state index in [0.717, 1.165) is 0 Å². The Kier molecular flexibility index (Phi) is 5.74. The first-order chi connectivity index (χ1) is 10.7. The van der Waals surface area contributed by atoms with Gasteiger partial charge in [-0.3, -0.25) is 9.59 Å². The van der Waals surface area contributed by atoms with Crippen molar-refractivity contribution in [1.82, 2.24) is 10.2 Å². The van der Waals surface area contributed by atoms with Crippen LogP contribution < -0.4 is 10.1 Å². The van der Waals surface area contributed by atoms with E-state index in [9.17, 15) is 14.7 Å². The summed E-state index contributed by atoms with van der Waals surface area (Å²) < 4.78 is 10.2. The van der Waals surface area contributed by atoms with Crippen LogP contribution in [-0.4, -0.2) is 67.9 Å². The molecule has 2 N–H and O–H groups in total. The minimum absolute atomic E-state index is 0.304. The molecular formula is C15H20N2O5. The highest BCUT2D eigenvalue weighted by Crippen LogP contribution is 2.12. The molecule has 1 fully saturated rings. The lowest BCUT2D eigenvalue weighted by Crippen LogP contribution is -2.53. The Bertz CT molecular complexity index is 528. The number of rotatable bonds is 5. The monoisotopic (exact) mass is 308 g/mol. The van der Waals surface area contributed by atoms with Crippen LogP contribution in [0.25, 0.3) is 0 Å². The van der Waals surface area contributed by atoms with Gasteiger partial charge in [0.2, 0.25) is 5.91 Å². The summed E-state index contributed by atoms with van der Waals surface area (Å²) in [6.45, 7) is 1.40. The number of benzene rings is 1. The van der Waals surface area contributed by atoms with Crippen molar-refractivity contribution in [1.29, 1.82) is 0 Å². The third-order valence-electron chi connectivity index (χ3n) is 3.44. The second-order valence-corrected chi connectivity index (χ2v) is 4.88. The number of nitrogens with one attached hydrogen (secondary N) is 1. The summed E-state index contributed by atoms with van der Waals surface area (Å²) in [6.07, 6.45) is 0. The van der Waals surface area contributed by atoms with Crippen molar-refractivity contribution in [3.8, 4) is 5.75 Å². The average Bonchev–Trinajstić information content (AvgIpc) is 2.59. The van der Waals surface area contributed by atoms with Gasteiger partial charge in [0.1, 0.15) is 11.8 Å². The number of amides is 2. The van der Waals surface area contributed by atoms with E-state index in [0.29, 0.717) is 37.6 Å². The second-order valence-electron chi connectivity index (χ2n) is 4.88. The molecule has 7 heteroatoms. The minimum Gasteiger partial charge on any atom is -0.497 e. The van der Waals surface area contributed by atoms with E-state index in [1.54, 1.807) is 29.2 Å². The molecule has 0 aliphatic carbocycles. The maximum absolute atomic E-state index is 12.3. The molecule has 0 spiro atoms. The van der Waals surface area contributed by atoms with Gasteiger partial charge in [-0.15, -0.1) is 0 Å². The summed E-state index contributed by atoms with van der Waals surface area (Å²) in [4.78, 5) is 26.1. The van der Waals surface area contributed by atoms with Crippen LogP contribution in [0.3, 0.4) is 0 Å². The number of ether oxygens (including phenoxy) is 2. The van der Waals surface area contributed by atoms with E-state index in [-0.39, 0.29) is 5.91 Å². The van der Waals surface area contributed by atoms with Crippen LogP contribution in [0.2, 0.25) is 0 Å². The Morgan fingerprint density at radius 1 is 1.41 bits per heavy atom. The van der Waals surface area contributed by atoms with Crippen LogP contribution >= 0.6 is 0 Å². The first-order valence-electron chi connectivity index (χ1n) is 7.08. The fourth-order valence-electron chi connectivity index (χ4n) is 2.20. The summed E-state index contributed by atoms with van der Waals surface area (Å²) in [5, 5.41) is 12.0. The van der Waals surface area contributed by atoms with Crippen molar-refractivity contribution in [3.63, 3.8) is 0 Å². The fraction of sp³-hybridized carbons (Fsp3) is 0.467. The maximum atomic E-state index is 12.3. The molecule has 1 saturated heterocycles. The zero-order valence-corrected chi connectivity index (χ0v) is 12.4. The molecule has 1 aromatic rings. The SMILES string of the molecule is COc1cccc(C(=O)N[C@@H](CO)C(=O)N2CCOCC2)c1. The topological polar surface area (TPSA) is 88.1 Å². The molecule has 0 aromatic heterocycles. The summed E-state index contributed by atoms with van der Waals surface area (Å²) >= 11 is 0. The first-order valence-corrected chi connectivity index (χ1v) is 7.08.